The number of hydrogen-bond acceptors (Lipinski definition) is 2. The third-order valence-corrected chi connectivity index (χ3v) is 6.10. The van der Waals surface area contributed by atoms with E-state index >= 15 is 0 Å². The van der Waals surface area contributed by atoms with E-state index in [4.69, 9.17) is 0 Å². The first-order chi connectivity index (χ1) is 9.17. The molecule has 1 spiro atoms. The zero-order chi connectivity index (χ0) is 13.2. The van der Waals surface area contributed by atoms with Crippen LogP contribution < -0.4 is 0 Å². The standard InChI is InChI=1S/C16H20FNO/c1-18-14-6-7-16(14)8-12(13(9-19)15(16)18)10-2-4-11(17)5-3-10/h2-5,12-15,19H,6-9H2,1H3. The van der Waals surface area contributed by atoms with Crippen molar-refractivity contribution in [2.45, 2.75) is 37.3 Å². The number of likely N-dealkylation sites (tertiary alicyclic amines) is 1. The van der Waals surface area contributed by atoms with Crippen molar-refractivity contribution in [3.8, 4) is 0 Å². The van der Waals surface area contributed by atoms with Crippen LogP contribution in [0, 0.1) is 17.2 Å². The lowest BCUT2D eigenvalue weighted by atomic mass is 9.53. The van der Waals surface area contributed by atoms with E-state index in [1.807, 2.05) is 12.1 Å². The molecule has 4 rings (SSSR count). The Kier molecular flexibility index (Phi) is 2.37. The van der Waals surface area contributed by atoms with Crippen LogP contribution in [0.1, 0.15) is 30.7 Å². The van der Waals surface area contributed by atoms with E-state index in [2.05, 4.69) is 11.9 Å². The Bertz CT molecular complexity index is 502. The maximum atomic E-state index is 13.1. The van der Waals surface area contributed by atoms with Gasteiger partial charge in [-0.1, -0.05) is 12.1 Å². The van der Waals surface area contributed by atoms with E-state index in [0.717, 1.165) is 6.04 Å². The summed E-state index contributed by atoms with van der Waals surface area (Å²) in [6.07, 6.45) is 3.78. The number of halogens is 1. The van der Waals surface area contributed by atoms with Crippen LogP contribution >= 0.6 is 0 Å². The maximum absolute atomic E-state index is 13.1. The number of rotatable bonds is 2. The highest BCUT2D eigenvalue weighted by Gasteiger charge is 2.70. The number of benzene rings is 1. The summed E-state index contributed by atoms with van der Waals surface area (Å²) in [5, 5.41) is 9.82. The van der Waals surface area contributed by atoms with Crippen LogP contribution in [0.5, 0.6) is 0 Å². The molecule has 0 amide bonds. The Hall–Kier alpha value is -0.930. The number of nitrogens with zero attached hydrogens (tertiary/aromatic N) is 1. The lowest BCUT2D eigenvalue weighted by Gasteiger charge is -2.68. The normalized spacial score (nSPS) is 44.2. The molecular formula is C16H20FNO. The highest BCUT2D eigenvalue weighted by molar-refractivity contribution is 5.32. The van der Waals surface area contributed by atoms with Crippen molar-refractivity contribution in [3.63, 3.8) is 0 Å². The van der Waals surface area contributed by atoms with Gasteiger partial charge in [0, 0.05) is 30.0 Å². The first kappa shape index (κ1) is 11.9. The van der Waals surface area contributed by atoms with Crippen molar-refractivity contribution < 1.29 is 9.50 Å². The van der Waals surface area contributed by atoms with E-state index in [1.165, 1.54) is 24.8 Å². The molecule has 1 N–H and O–H groups in total. The summed E-state index contributed by atoms with van der Waals surface area (Å²) in [4.78, 5) is 2.47. The number of hydrogen-bond donors (Lipinski definition) is 1. The molecule has 5 unspecified atom stereocenters. The zero-order valence-electron chi connectivity index (χ0n) is 11.2. The second kappa shape index (κ2) is 3.80. The highest BCUT2D eigenvalue weighted by atomic mass is 19.1. The van der Waals surface area contributed by atoms with E-state index in [0.29, 0.717) is 23.3 Å². The predicted octanol–water partition coefficient (Wildman–Crippen LogP) is 2.38. The molecule has 102 valence electrons. The second-order valence-corrected chi connectivity index (χ2v) is 6.61. The molecule has 0 radical (unpaired) electrons. The van der Waals surface area contributed by atoms with Gasteiger partial charge < -0.3 is 5.11 Å². The molecule has 1 heterocycles. The van der Waals surface area contributed by atoms with Crippen molar-refractivity contribution in [2.75, 3.05) is 13.7 Å². The lowest BCUT2D eigenvalue weighted by Crippen LogP contribution is -2.74. The van der Waals surface area contributed by atoms with Gasteiger partial charge in [0.2, 0.25) is 0 Å². The minimum absolute atomic E-state index is 0.179. The van der Waals surface area contributed by atoms with Gasteiger partial charge in [-0.25, -0.2) is 4.39 Å². The van der Waals surface area contributed by atoms with E-state index in [9.17, 15) is 9.50 Å². The summed E-state index contributed by atoms with van der Waals surface area (Å²) < 4.78 is 13.1. The van der Waals surface area contributed by atoms with Crippen molar-refractivity contribution in [1.29, 1.82) is 0 Å². The third-order valence-electron chi connectivity index (χ3n) is 6.10. The van der Waals surface area contributed by atoms with E-state index in [-0.39, 0.29) is 12.4 Å². The first-order valence-corrected chi connectivity index (χ1v) is 7.25. The van der Waals surface area contributed by atoms with Crippen molar-refractivity contribution >= 4 is 0 Å². The van der Waals surface area contributed by atoms with Gasteiger partial charge >= 0.3 is 0 Å². The van der Waals surface area contributed by atoms with Gasteiger partial charge in [-0.15, -0.1) is 0 Å². The van der Waals surface area contributed by atoms with Gasteiger partial charge in [-0.2, -0.15) is 0 Å². The summed E-state index contributed by atoms with van der Waals surface area (Å²) in [5.41, 5.74) is 1.66. The van der Waals surface area contributed by atoms with Gasteiger partial charge in [0.1, 0.15) is 5.82 Å². The SMILES string of the molecule is CN1C2CCC23CC(c2ccc(F)cc2)C(CO)C13. The summed E-state index contributed by atoms with van der Waals surface area (Å²) >= 11 is 0. The Morgan fingerprint density at radius 3 is 2.68 bits per heavy atom. The minimum atomic E-state index is -0.179. The van der Waals surface area contributed by atoms with Crippen molar-refractivity contribution in [2.24, 2.45) is 11.3 Å². The molecule has 0 aromatic heterocycles. The average molecular weight is 261 g/mol. The molecule has 3 fully saturated rings. The molecule has 2 aliphatic carbocycles. The minimum Gasteiger partial charge on any atom is -0.396 e. The average Bonchev–Trinajstić information content (AvgIpc) is 2.73. The lowest BCUT2D eigenvalue weighted by molar-refractivity contribution is -0.188. The van der Waals surface area contributed by atoms with E-state index in [1.54, 1.807) is 12.1 Å². The highest BCUT2D eigenvalue weighted by Crippen LogP contribution is 2.69. The quantitative estimate of drug-likeness (QED) is 0.883. The van der Waals surface area contributed by atoms with Gasteiger partial charge in [0.25, 0.3) is 0 Å². The van der Waals surface area contributed by atoms with Crippen LogP contribution in [-0.4, -0.2) is 35.7 Å². The molecule has 2 nitrogen and oxygen atoms in total. The fourth-order valence-electron chi connectivity index (χ4n) is 5.29. The molecule has 1 aliphatic heterocycles. The number of aliphatic hydroxyl groups is 1. The zero-order valence-corrected chi connectivity index (χ0v) is 11.2. The smallest absolute Gasteiger partial charge is 0.123 e. The molecular weight excluding hydrogens is 241 g/mol. The Morgan fingerprint density at radius 1 is 1.37 bits per heavy atom. The van der Waals surface area contributed by atoms with E-state index < -0.39 is 0 Å². The van der Waals surface area contributed by atoms with Gasteiger partial charge in [0.05, 0.1) is 0 Å². The maximum Gasteiger partial charge on any atom is 0.123 e. The molecule has 1 saturated heterocycles. The summed E-state index contributed by atoms with van der Waals surface area (Å²) in [5.74, 6) is 0.525. The molecule has 2 saturated carbocycles. The monoisotopic (exact) mass is 261 g/mol. The number of piperidine rings is 1. The molecule has 1 aromatic rings. The summed E-state index contributed by atoms with van der Waals surface area (Å²) in [7, 11) is 2.20. The van der Waals surface area contributed by atoms with Crippen LogP contribution in [0.15, 0.2) is 24.3 Å². The van der Waals surface area contributed by atoms with Gasteiger partial charge in [-0.3, -0.25) is 4.90 Å². The molecule has 1 aromatic carbocycles. The van der Waals surface area contributed by atoms with Crippen LogP contribution in [0.3, 0.4) is 0 Å². The summed E-state index contributed by atoms with van der Waals surface area (Å²) in [6.45, 7) is 0.242. The fraction of sp³-hybridized carbons (Fsp3) is 0.625. The van der Waals surface area contributed by atoms with Gasteiger partial charge in [0.15, 0.2) is 0 Å². The Balaban J connectivity index is 1.68. The van der Waals surface area contributed by atoms with Crippen LogP contribution in [0.4, 0.5) is 4.39 Å². The predicted molar refractivity (Wildman–Crippen MR) is 71.3 cm³/mol. The molecule has 0 bridgehead atoms. The largest absolute Gasteiger partial charge is 0.396 e. The molecule has 19 heavy (non-hydrogen) atoms. The second-order valence-electron chi connectivity index (χ2n) is 6.61. The topological polar surface area (TPSA) is 23.5 Å². The first-order valence-electron chi connectivity index (χ1n) is 7.25. The molecule has 5 atom stereocenters. The van der Waals surface area contributed by atoms with Crippen LogP contribution in [0.25, 0.3) is 0 Å². The van der Waals surface area contributed by atoms with Crippen molar-refractivity contribution in [3.05, 3.63) is 35.6 Å². The summed E-state index contributed by atoms with van der Waals surface area (Å²) in [6, 6.07) is 8.16. The van der Waals surface area contributed by atoms with Gasteiger partial charge in [-0.05, 0) is 49.9 Å². The Labute approximate surface area is 113 Å². The molecule has 3 aliphatic rings. The third kappa shape index (κ3) is 1.33. The van der Waals surface area contributed by atoms with Crippen molar-refractivity contribution in [1.82, 2.24) is 4.90 Å². The Morgan fingerprint density at radius 2 is 2.11 bits per heavy atom. The van der Waals surface area contributed by atoms with Crippen LogP contribution in [-0.2, 0) is 0 Å². The molecule has 3 heteroatoms. The number of aliphatic hydroxyl groups excluding tert-OH is 1. The fourth-order valence-corrected chi connectivity index (χ4v) is 5.29. The van der Waals surface area contributed by atoms with Crippen LogP contribution in [0.2, 0.25) is 0 Å².